The van der Waals surface area contributed by atoms with Gasteiger partial charge in [-0.2, -0.15) is 0 Å². The summed E-state index contributed by atoms with van der Waals surface area (Å²) in [6.07, 6.45) is 34.8. The Kier molecular flexibility index (Phi) is 2.22. The standard InChI is InChI=1S/C31H51P2.C5H5.Fe/c1-5-17-27(18-6-1)32(28-19-7-2-8-20-28)25-31(26-15-13-14-16-26)33(29-21-9-3-10-22-29)30-23-11-4-12-24-30;1-2-4-5-3-1;/h13-16,27-31H,1-12,17-25H2;1-5H;. The first-order chi connectivity index (χ1) is 19.1. The first-order valence-electron chi connectivity index (χ1n) is 18.8. The Balaban J connectivity index is 0.949. The van der Waals surface area contributed by atoms with E-state index in [-0.39, 0.29) is 0 Å². The van der Waals surface area contributed by atoms with E-state index in [0.29, 0.717) is 15.8 Å². The van der Waals surface area contributed by atoms with Gasteiger partial charge in [0.15, 0.2) is 0 Å². The molecule has 0 radical (unpaired) electrons. The van der Waals surface area contributed by atoms with Crippen LogP contribution >= 0.6 is 15.8 Å². The zero-order valence-corrected chi connectivity index (χ0v) is 27.6. The fourth-order valence-electron chi connectivity index (χ4n) is 24.9. The third-order valence-electron chi connectivity index (χ3n) is 24.1. The molecule has 4 aliphatic carbocycles. The van der Waals surface area contributed by atoms with Crippen LogP contribution in [0.15, 0.2) is 0 Å². The Morgan fingerprint density at radius 2 is 0.821 bits per heavy atom. The maximum atomic E-state index is 1.92. The predicted molar refractivity (Wildman–Crippen MR) is 166 cm³/mol. The zero-order chi connectivity index (χ0) is 24.9. The van der Waals surface area contributed by atoms with Crippen LogP contribution in [0.5, 0.6) is 0 Å². The molecule has 10 aliphatic heterocycles. The van der Waals surface area contributed by atoms with Crippen molar-refractivity contribution in [3.8, 4) is 0 Å². The van der Waals surface area contributed by atoms with Gasteiger partial charge < -0.3 is 0 Å². The SMILES string of the molecule is C1CCC(P(CC(P(C2CCCCC2)C2CCCCC2)[C]23[CH]4[CH]5[CH]6[CH]2[Fe]56432789[CH]3[CH]2[CH]7[CH]8[CH]39)C2CCCCC2)CC1. The van der Waals surface area contributed by atoms with E-state index in [4.69, 9.17) is 0 Å². The van der Waals surface area contributed by atoms with Gasteiger partial charge in [0, 0.05) is 0 Å². The van der Waals surface area contributed by atoms with Crippen molar-refractivity contribution in [1.29, 1.82) is 0 Å². The monoisotopic (exact) mass is 606 g/mol. The molecule has 39 heavy (non-hydrogen) atoms. The molecule has 5 atom stereocenters. The van der Waals surface area contributed by atoms with Crippen LogP contribution in [0, 0.1) is 0 Å². The van der Waals surface area contributed by atoms with Crippen LogP contribution in [0.4, 0.5) is 0 Å². The van der Waals surface area contributed by atoms with E-state index in [1.165, 1.54) is 32.6 Å². The molecule has 0 nitrogen and oxygen atoms in total. The summed E-state index contributed by atoms with van der Waals surface area (Å²) >= 11 is 0. The topological polar surface area (TPSA) is 0 Å². The Morgan fingerprint density at radius 3 is 1.13 bits per heavy atom. The van der Waals surface area contributed by atoms with Crippen LogP contribution < -0.4 is 0 Å². The molecule has 10 heterocycles. The third kappa shape index (κ3) is 0.720. The molecule has 0 aromatic rings. The van der Waals surface area contributed by atoms with Crippen molar-refractivity contribution in [3.05, 3.63) is 0 Å². The van der Waals surface area contributed by atoms with Crippen LogP contribution in [0.3, 0.4) is 0 Å². The summed E-state index contributed by atoms with van der Waals surface area (Å²) in [5.41, 5.74) is 6.33. The van der Waals surface area contributed by atoms with Crippen molar-refractivity contribution in [3.63, 3.8) is 0 Å². The van der Waals surface area contributed by atoms with Gasteiger partial charge in [0.2, 0.25) is 0 Å². The number of hydrogen-bond donors (Lipinski definition) is 0. The van der Waals surface area contributed by atoms with E-state index in [2.05, 4.69) is 0 Å². The molecule has 1 spiro atoms. The summed E-state index contributed by atoms with van der Waals surface area (Å²) < 4.78 is 1.21. The van der Waals surface area contributed by atoms with Gasteiger partial charge in [0.1, 0.15) is 0 Å². The van der Waals surface area contributed by atoms with Crippen LogP contribution in [-0.2, 0) is 6.51 Å². The average Bonchev–Trinajstić information content (AvgIpc) is 3.95. The van der Waals surface area contributed by atoms with E-state index < -0.39 is 6.51 Å². The summed E-state index contributed by atoms with van der Waals surface area (Å²) in [5, 5.41) is 0. The molecular formula is C36H56FeP2. The van der Waals surface area contributed by atoms with Crippen molar-refractivity contribution in [2.75, 3.05) is 6.16 Å². The van der Waals surface area contributed by atoms with Crippen molar-refractivity contribution in [2.45, 2.75) is 204 Å². The van der Waals surface area contributed by atoms with Gasteiger partial charge in [-0.1, -0.05) is 0 Å². The van der Waals surface area contributed by atoms with Crippen LogP contribution in [0.2, 0.25) is 47.7 Å². The number of hydrogen-bond acceptors (Lipinski definition) is 0. The molecule has 5 unspecified atom stereocenters. The van der Waals surface area contributed by atoms with Crippen molar-refractivity contribution in [1.82, 2.24) is 0 Å². The molecule has 0 aromatic heterocycles. The second-order valence-electron chi connectivity index (χ2n) is 20.6. The summed E-state index contributed by atoms with van der Waals surface area (Å²) in [4.78, 5) is 14.1. The maximum absolute atomic E-state index is 3.14. The summed E-state index contributed by atoms with van der Waals surface area (Å²) in [6.45, 7) is -3.14. The van der Waals surface area contributed by atoms with Crippen LogP contribution in [0.1, 0.15) is 128 Å². The van der Waals surface area contributed by atoms with Gasteiger partial charge >= 0.3 is 233 Å². The van der Waals surface area contributed by atoms with Crippen LogP contribution in [0.25, 0.3) is 0 Å². The van der Waals surface area contributed by atoms with E-state index in [1.807, 2.05) is 6.16 Å². The Labute approximate surface area is 231 Å². The van der Waals surface area contributed by atoms with Gasteiger partial charge in [-0.15, -0.1) is 0 Å². The van der Waals surface area contributed by atoms with Gasteiger partial charge in [0.05, 0.1) is 0 Å². The fourth-order valence-corrected chi connectivity index (χ4v) is 112. The Morgan fingerprint density at radius 1 is 0.462 bits per heavy atom. The predicted octanol–water partition coefficient (Wildman–Crippen LogP) is 12.4. The van der Waals surface area contributed by atoms with E-state index in [1.54, 1.807) is 172 Å². The molecule has 0 bridgehead atoms. The Bertz CT molecular complexity index is 1380. The summed E-state index contributed by atoms with van der Waals surface area (Å²) in [5.74, 6) is 0. The second-order valence-corrected chi connectivity index (χ2v) is 50.0. The molecule has 0 N–H and O–H groups in total. The molecule has 218 valence electrons. The third-order valence-corrected chi connectivity index (χ3v) is 75.1. The number of fused-ring (bicyclic) bond motifs is 10. The van der Waals surface area contributed by atoms with E-state index in [0.717, 1.165) is 0 Å². The molecule has 3 heteroatoms. The number of rotatable bonds is 8. The second kappa shape index (κ2) is 3.94. The van der Waals surface area contributed by atoms with Gasteiger partial charge in [-0.25, -0.2) is 0 Å². The van der Waals surface area contributed by atoms with Gasteiger partial charge in [0.25, 0.3) is 0 Å². The first-order valence-corrected chi connectivity index (χ1v) is 28.3. The Hall–Kier alpha value is 1.38. The first kappa shape index (κ1) is 22.0. The molecular weight excluding hydrogens is 550 g/mol. The van der Waals surface area contributed by atoms with Crippen LogP contribution in [-0.4, -0.2) is 34.5 Å². The molecule has 14 aliphatic rings. The molecule has 14 fully saturated rings. The molecule has 4 saturated carbocycles. The van der Waals surface area contributed by atoms with E-state index >= 15 is 0 Å². The quantitative estimate of drug-likeness (QED) is 0.190. The molecule has 10 saturated heterocycles. The molecule has 14 rings (SSSR count). The summed E-state index contributed by atoms with van der Waals surface area (Å²) in [6, 6.07) is 0. The van der Waals surface area contributed by atoms with Crippen molar-refractivity contribution in [2.24, 2.45) is 0 Å². The van der Waals surface area contributed by atoms with Crippen molar-refractivity contribution < 1.29 is 6.51 Å². The van der Waals surface area contributed by atoms with E-state index in [9.17, 15) is 0 Å². The minimum atomic E-state index is -3.14. The molecule has 0 amide bonds. The zero-order valence-electron chi connectivity index (χ0n) is 24.7. The summed E-state index contributed by atoms with van der Waals surface area (Å²) in [7, 11) is 0.622. The fraction of sp³-hybridized carbons (Fsp3) is 1.00. The van der Waals surface area contributed by atoms with Gasteiger partial charge in [-0.05, 0) is 0 Å². The van der Waals surface area contributed by atoms with Crippen molar-refractivity contribution >= 4 is 15.8 Å². The molecule has 0 aromatic carbocycles. The van der Waals surface area contributed by atoms with Gasteiger partial charge in [-0.3, -0.25) is 0 Å². The minimum absolute atomic E-state index is 0.310. The normalized spacial score (nSPS) is 71.3. The average molecular weight is 607 g/mol.